The third-order valence-electron chi connectivity index (χ3n) is 4.32. The maximum atomic E-state index is 5.82. The van der Waals surface area contributed by atoms with Gasteiger partial charge in [-0.15, -0.1) is 0 Å². The minimum absolute atomic E-state index is 0.0486. The van der Waals surface area contributed by atoms with Crippen LogP contribution in [0.15, 0.2) is 36.4 Å². The molecule has 23 heavy (non-hydrogen) atoms. The topological polar surface area (TPSA) is 21.8 Å². The molecule has 1 aromatic carbocycles. The van der Waals surface area contributed by atoms with Gasteiger partial charge in [0.2, 0.25) is 0 Å². The van der Waals surface area contributed by atoms with E-state index in [2.05, 4.69) is 44.2 Å². The van der Waals surface area contributed by atoms with E-state index in [0.29, 0.717) is 6.61 Å². The molecule has 128 valence electrons. The van der Waals surface area contributed by atoms with Crippen molar-refractivity contribution in [2.75, 3.05) is 13.2 Å². The van der Waals surface area contributed by atoms with Crippen molar-refractivity contribution < 1.29 is 9.47 Å². The maximum Gasteiger partial charge on any atom is 0.123 e. The molecule has 1 atom stereocenters. The Labute approximate surface area is 141 Å². The third-order valence-corrected chi connectivity index (χ3v) is 4.32. The molecule has 1 unspecified atom stereocenters. The van der Waals surface area contributed by atoms with Crippen molar-refractivity contribution in [2.45, 2.75) is 70.8 Å². The first-order valence-corrected chi connectivity index (χ1v) is 9.22. The van der Waals surface area contributed by atoms with Crippen molar-refractivity contribution in [1.29, 1.82) is 0 Å². The predicted octanol–water partition coefficient (Wildman–Crippen LogP) is 5.70. The number of epoxide rings is 1. The van der Waals surface area contributed by atoms with Crippen LogP contribution in [0.1, 0.15) is 64.4 Å². The molecule has 1 saturated heterocycles. The van der Waals surface area contributed by atoms with Crippen LogP contribution < -0.4 is 4.74 Å². The largest absolute Gasteiger partial charge is 0.490 e. The summed E-state index contributed by atoms with van der Waals surface area (Å²) < 4.78 is 11.2. The van der Waals surface area contributed by atoms with E-state index in [9.17, 15) is 0 Å². The second-order valence-electron chi connectivity index (χ2n) is 6.91. The molecule has 0 aromatic heterocycles. The Hall–Kier alpha value is -1.28. The van der Waals surface area contributed by atoms with E-state index < -0.39 is 0 Å². The fourth-order valence-electron chi connectivity index (χ4n) is 2.58. The van der Waals surface area contributed by atoms with Gasteiger partial charge in [0.05, 0.1) is 6.61 Å². The van der Waals surface area contributed by atoms with Crippen molar-refractivity contribution in [3.63, 3.8) is 0 Å². The Morgan fingerprint density at radius 3 is 2.70 bits per heavy atom. The van der Waals surface area contributed by atoms with Crippen LogP contribution in [-0.4, -0.2) is 18.8 Å². The van der Waals surface area contributed by atoms with Gasteiger partial charge >= 0.3 is 0 Å². The summed E-state index contributed by atoms with van der Waals surface area (Å²) in [5, 5.41) is 0. The molecule has 2 heteroatoms. The highest BCUT2D eigenvalue weighted by atomic mass is 16.6. The predicted molar refractivity (Wildman–Crippen MR) is 97.1 cm³/mol. The summed E-state index contributed by atoms with van der Waals surface area (Å²) >= 11 is 0. The molecule has 1 aromatic rings. The molecule has 1 fully saturated rings. The van der Waals surface area contributed by atoms with Gasteiger partial charge in [-0.05, 0) is 43.9 Å². The fraction of sp³-hybridized carbons (Fsp3) is 0.619. The van der Waals surface area contributed by atoms with E-state index >= 15 is 0 Å². The molecule has 0 spiro atoms. The summed E-state index contributed by atoms with van der Waals surface area (Å²) in [5.41, 5.74) is 1.26. The zero-order valence-corrected chi connectivity index (χ0v) is 14.9. The number of hydrogen-bond donors (Lipinski definition) is 0. The molecule has 0 aliphatic carbocycles. The molecule has 1 aliphatic rings. The van der Waals surface area contributed by atoms with E-state index in [4.69, 9.17) is 9.47 Å². The number of hydrogen-bond acceptors (Lipinski definition) is 2. The van der Waals surface area contributed by atoms with Crippen LogP contribution in [0.25, 0.3) is 0 Å². The van der Waals surface area contributed by atoms with Crippen LogP contribution in [0, 0.1) is 0 Å². The van der Waals surface area contributed by atoms with Gasteiger partial charge in [0.1, 0.15) is 18.0 Å². The number of allylic oxidation sites excluding steroid dienone is 2. The van der Waals surface area contributed by atoms with Gasteiger partial charge in [0.25, 0.3) is 0 Å². The van der Waals surface area contributed by atoms with Crippen LogP contribution in [0.2, 0.25) is 0 Å². The van der Waals surface area contributed by atoms with Crippen LogP contribution in [0.5, 0.6) is 5.75 Å². The maximum absolute atomic E-state index is 5.82. The molecular weight excluding hydrogens is 284 g/mol. The molecular formula is C21H32O2. The lowest BCUT2D eigenvalue weighted by atomic mass is 10.1. The van der Waals surface area contributed by atoms with Gasteiger partial charge in [-0.1, -0.05) is 63.3 Å². The average molecular weight is 316 g/mol. The zero-order chi connectivity index (χ0) is 16.4. The van der Waals surface area contributed by atoms with Gasteiger partial charge < -0.3 is 9.47 Å². The highest BCUT2D eigenvalue weighted by molar-refractivity contribution is 5.30. The van der Waals surface area contributed by atoms with Crippen molar-refractivity contribution in [3.05, 3.63) is 42.0 Å². The summed E-state index contributed by atoms with van der Waals surface area (Å²) in [4.78, 5) is 0. The second-order valence-corrected chi connectivity index (χ2v) is 6.91. The van der Waals surface area contributed by atoms with Crippen molar-refractivity contribution in [3.8, 4) is 5.75 Å². The van der Waals surface area contributed by atoms with Crippen molar-refractivity contribution >= 4 is 0 Å². The normalized spacial score (nSPS) is 20.1. The number of ether oxygens (including phenoxy) is 2. The van der Waals surface area contributed by atoms with Crippen LogP contribution in [0.4, 0.5) is 0 Å². The third kappa shape index (κ3) is 7.69. The molecule has 2 nitrogen and oxygen atoms in total. The van der Waals surface area contributed by atoms with Gasteiger partial charge in [0.15, 0.2) is 0 Å². The second kappa shape index (κ2) is 9.77. The number of unbranched alkanes of at least 4 members (excludes halogenated alkanes) is 6. The van der Waals surface area contributed by atoms with E-state index in [-0.39, 0.29) is 5.60 Å². The minimum Gasteiger partial charge on any atom is -0.490 e. The average Bonchev–Trinajstić information content (AvgIpc) is 3.30. The summed E-state index contributed by atoms with van der Waals surface area (Å²) in [7, 11) is 0. The molecule has 0 radical (unpaired) electrons. The lowest BCUT2D eigenvalue weighted by Crippen LogP contribution is -2.16. The molecule has 2 rings (SSSR count). The Kier molecular flexibility index (Phi) is 7.67. The Morgan fingerprint density at radius 1 is 1.13 bits per heavy atom. The SMILES string of the molecule is CCCCCCCC/C=C/Cc1cccc(OCC2(C)CO2)c1. The summed E-state index contributed by atoms with van der Waals surface area (Å²) in [5.74, 6) is 0.948. The van der Waals surface area contributed by atoms with Crippen LogP contribution >= 0.6 is 0 Å². The summed E-state index contributed by atoms with van der Waals surface area (Å²) in [6, 6.07) is 8.40. The molecule has 1 aliphatic heterocycles. The van der Waals surface area contributed by atoms with E-state index in [0.717, 1.165) is 18.8 Å². The number of benzene rings is 1. The van der Waals surface area contributed by atoms with Gasteiger partial charge in [-0.3, -0.25) is 0 Å². The number of rotatable bonds is 12. The Bertz CT molecular complexity index is 474. The van der Waals surface area contributed by atoms with Gasteiger partial charge in [-0.2, -0.15) is 0 Å². The fourth-order valence-corrected chi connectivity index (χ4v) is 2.58. The van der Waals surface area contributed by atoms with Gasteiger partial charge in [0, 0.05) is 0 Å². The first kappa shape index (κ1) is 18.1. The van der Waals surface area contributed by atoms with Gasteiger partial charge in [-0.25, -0.2) is 0 Å². The van der Waals surface area contributed by atoms with Crippen LogP contribution in [0.3, 0.4) is 0 Å². The lowest BCUT2D eigenvalue weighted by molar-refractivity contribution is 0.202. The smallest absolute Gasteiger partial charge is 0.123 e. The quantitative estimate of drug-likeness (QED) is 0.280. The molecule has 0 amide bonds. The highest BCUT2D eigenvalue weighted by Gasteiger charge is 2.40. The molecule has 0 N–H and O–H groups in total. The van der Waals surface area contributed by atoms with E-state index in [1.165, 1.54) is 50.5 Å². The Morgan fingerprint density at radius 2 is 1.91 bits per heavy atom. The van der Waals surface area contributed by atoms with Crippen molar-refractivity contribution in [2.24, 2.45) is 0 Å². The molecule has 0 bridgehead atoms. The Balaban J connectivity index is 1.60. The molecule has 0 saturated carbocycles. The molecule has 1 heterocycles. The van der Waals surface area contributed by atoms with E-state index in [1.807, 2.05) is 6.07 Å². The first-order chi connectivity index (χ1) is 11.2. The summed E-state index contributed by atoms with van der Waals surface area (Å²) in [6.45, 7) is 5.81. The zero-order valence-electron chi connectivity index (χ0n) is 14.9. The van der Waals surface area contributed by atoms with Crippen molar-refractivity contribution in [1.82, 2.24) is 0 Å². The summed E-state index contributed by atoms with van der Waals surface area (Å²) in [6.07, 6.45) is 15.0. The minimum atomic E-state index is -0.0486. The monoisotopic (exact) mass is 316 g/mol. The van der Waals surface area contributed by atoms with Crippen LogP contribution in [-0.2, 0) is 11.2 Å². The highest BCUT2D eigenvalue weighted by Crippen LogP contribution is 2.27. The first-order valence-electron chi connectivity index (χ1n) is 9.22. The van der Waals surface area contributed by atoms with E-state index in [1.54, 1.807) is 0 Å². The standard InChI is InChI=1S/C21H32O2/c1-3-4-5-6-7-8-9-10-11-13-19-14-12-15-20(16-19)22-17-21(2)18-23-21/h10-12,14-16H,3-9,13,17-18H2,1-2H3/b11-10+. The lowest BCUT2D eigenvalue weighted by Gasteiger charge is -2.09.